The molecule has 8 heteroatoms. The van der Waals surface area contributed by atoms with Crippen molar-refractivity contribution in [2.45, 2.75) is 32.1 Å². The number of hydrogen-bond acceptors (Lipinski definition) is 3. The maximum absolute atomic E-state index is 13.9. The second kappa shape index (κ2) is 9.62. The molecule has 1 atom stereocenters. The van der Waals surface area contributed by atoms with E-state index in [0.717, 1.165) is 12.8 Å². The summed E-state index contributed by atoms with van der Waals surface area (Å²) in [6, 6.07) is 11.5. The Morgan fingerprint density at radius 2 is 1.97 bits per heavy atom. The van der Waals surface area contributed by atoms with Crippen LogP contribution in [0.2, 0.25) is 0 Å². The van der Waals surface area contributed by atoms with E-state index in [4.69, 9.17) is 0 Å². The van der Waals surface area contributed by atoms with Gasteiger partial charge < -0.3 is 14.7 Å². The summed E-state index contributed by atoms with van der Waals surface area (Å²) in [6.45, 7) is 5.80. The summed E-state index contributed by atoms with van der Waals surface area (Å²) in [5, 5.41) is 0. The number of benzene rings is 2. The first-order chi connectivity index (χ1) is 16.2. The molecule has 2 aliphatic rings. The molecule has 0 radical (unpaired) electrons. The van der Waals surface area contributed by atoms with Crippen LogP contribution in [-0.2, 0) is 24.1 Å². The third kappa shape index (κ3) is 5.01. The van der Waals surface area contributed by atoms with E-state index in [1.165, 1.54) is 17.0 Å². The summed E-state index contributed by atoms with van der Waals surface area (Å²) in [4.78, 5) is 29.9. The first-order valence-corrected chi connectivity index (χ1v) is 11.4. The maximum atomic E-state index is 13.9. The molecule has 2 amide bonds. The molecule has 180 valence electrons. The molecule has 0 saturated carbocycles. The summed E-state index contributed by atoms with van der Waals surface area (Å²) in [6.07, 6.45) is -1.47. The Morgan fingerprint density at radius 1 is 1.24 bits per heavy atom. The summed E-state index contributed by atoms with van der Waals surface area (Å²) in [5.41, 5.74) is 0.458. The number of rotatable bonds is 7. The quantitative estimate of drug-likeness (QED) is 0.549. The van der Waals surface area contributed by atoms with E-state index in [0.29, 0.717) is 43.3 Å². The van der Waals surface area contributed by atoms with Crippen LogP contribution in [0.4, 0.5) is 18.9 Å². The molecule has 4 rings (SSSR count). The van der Waals surface area contributed by atoms with Crippen molar-refractivity contribution in [1.82, 2.24) is 9.80 Å². The van der Waals surface area contributed by atoms with Gasteiger partial charge in [-0.2, -0.15) is 13.2 Å². The average Bonchev–Trinajstić information content (AvgIpc) is 3.42. The first-order valence-electron chi connectivity index (χ1n) is 11.4. The van der Waals surface area contributed by atoms with Crippen LogP contribution in [0.3, 0.4) is 0 Å². The summed E-state index contributed by atoms with van der Waals surface area (Å²) >= 11 is 0. The van der Waals surface area contributed by atoms with Crippen molar-refractivity contribution in [3.63, 3.8) is 0 Å². The zero-order valence-corrected chi connectivity index (χ0v) is 19.1. The Balaban J connectivity index is 1.47. The van der Waals surface area contributed by atoms with Crippen LogP contribution in [0.5, 0.6) is 0 Å². The number of likely N-dealkylation sites (tertiary alicyclic amines) is 1. The number of carbonyl (C=O) groups is 2. The number of alkyl halides is 3. The molecule has 0 N–H and O–H groups in total. The van der Waals surface area contributed by atoms with Gasteiger partial charge in [-0.3, -0.25) is 9.59 Å². The predicted octanol–water partition coefficient (Wildman–Crippen LogP) is 4.72. The van der Waals surface area contributed by atoms with Gasteiger partial charge in [0.2, 0.25) is 5.91 Å². The van der Waals surface area contributed by atoms with Crippen LogP contribution in [0.25, 0.3) is 0 Å². The maximum Gasteiger partial charge on any atom is 0.416 e. The van der Waals surface area contributed by atoms with E-state index in [-0.39, 0.29) is 23.6 Å². The SMILES string of the molecule is C=CC(=O)N1CCC(CCN(C)Cc2cc3c(c(C(F)(F)F)c2)CN(c2ccccc2)C3=O)C1. The number of nitrogens with zero attached hydrogens (tertiary/aromatic N) is 3. The van der Waals surface area contributed by atoms with Crippen molar-refractivity contribution in [1.29, 1.82) is 0 Å². The van der Waals surface area contributed by atoms with Gasteiger partial charge in [0.25, 0.3) is 5.91 Å². The van der Waals surface area contributed by atoms with Crippen molar-refractivity contribution in [3.05, 3.63) is 77.4 Å². The lowest BCUT2D eigenvalue weighted by atomic mass is 9.98. The highest BCUT2D eigenvalue weighted by Gasteiger charge is 2.40. The fraction of sp³-hybridized carbons (Fsp3) is 0.385. The Bertz CT molecular complexity index is 1080. The molecule has 1 saturated heterocycles. The van der Waals surface area contributed by atoms with Crippen LogP contribution in [0.15, 0.2) is 55.1 Å². The Morgan fingerprint density at radius 3 is 2.65 bits per heavy atom. The van der Waals surface area contributed by atoms with Gasteiger partial charge in [-0.15, -0.1) is 0 Å². The van der Waals surface area contributed by atoms with E-state index < -0.39 is 17.6 Å². The van der Waals surface area contributed by atoms with E-state index >= 15 is 0 Å². The minimum Gasteiger partial charge on any atom is -0.339 e. The molecule has 0 bridgehead atoms. The second-order valence-corrected chi connectivity index (χ2v) is 9.06. The molecule has 2 heterocycles. The standard InChI is InChI=1S/C26H28F3N3O2/c1-3-24(33)31-12-10-18(16-31)9-11-30(2)15-19-13-21-22(23(14-19)26(27,28)29)17-32(25(21)34)20-7-5-4-6-8-20/h3-8,13-14,18H,1,9-12,15-17H2,2H3. The van der Waals surface area contributed by atoms with Crippen LogP contribution in [0.1, 0.15) is 39.9 Å². The Hall–Kier alpha value is -3.13. The number of anilines is 1. The van der Waals surface area contributed by atoms with Crippen molar-refractivity contribution in [3.8, 4) is 0 Å². The van der Waals surface area contributed by atoms with Gasteiger partial charge in [0.05, 0.1) is 12.1 Å². The van der Waals surface area contributed by atoms with Gasteiger partial charge in [-0.25, -0.2) is 0 Å². The van der Waals surface area contributed by atoms with Crippen molar-refractivity contribution in [2.75, 3.05) is 31.6 Å². The summed E-state index contributed by atoms with van der Waals surface area (Å²) in [5.74, 6) is -0.116. The van der Waals surface area contributed by atoms with E-state index in [2.05, 4.69) is 6.58 Å². The van der Waals surface area contributed by atoms with Crippen LogP contribution in [-0.4, -0.2) is 48.3 Å². The molecule has 2 aliphatic heterocycles. The van der Waals surface area contributed by atoms with Gasteiger partial charge in [-0.05, 0) is 73.8 Å². The summed E-state index contributed by atoms with van der Waals surface area (Å²) < 4.78 is 41.8. The van der Waals surface area contributed by atoms with Gasteiger partial charge in [0.15, 0.2) is 0 Å². The Labute approximate surface area is 197 Å². The molecule has 0 aliphatic carbocycles. The molecular formula is C26H28F3N3O2. The third-order valence-corrected chi connectivity index (χ3v) is 6.62. The number of fused-ring (bicyclic) bond motifs is 1. The van der Waals surface area contributed by atoms with E-state index in [1.54, 1.807) is 41.3 Å². The molecule has 0 aromatic heterocycles. The molecule has 2 aromatic carbocycles. The second-order valence-electron chi connectivity index (χ2n) is 9.06. The molecule has 0 spiro atoms. The largest absolute Gasteiger partial charge is 0.416 e. The Kier molecular flexibility index (Phi) is 6.79. The lowest BCUT2D eigenvalue weighted by Gasteiger charge is -2.21. The van der Waals surface area contributed by atoms with Crippen LogP contribution >= 0.6 is 0 Å². The minimum atomic E-state index is -4.55. The molecule has 1 fully saturated rings. The number of hydrogen-bond donors (Lipinski definition) is 0. The third-order valence-electron chi connectivity index (χ3n) is 6.62. The topological polar surface area (TPSA) is 43.9 Å². The van der Waals surface area contributed by atoms with Gasteiger partial charge >= 0.3 is 6.18 Å². The van der Waals surface area contributed by atoms with Crippen molar-refractivity contribution in [2.24, 2.45) is 5.92 Å². The number of halogens is 3. The molecular weight excluding hydrogens is 443 g/mol. The normalized spacial score (nSPS) is 18.0. The monoisotopic (exact) mass is 471 g/mol. The van der Waals surface area contributed by atoms with Crippen molar-refractivity contribution < 1.29 is 22.8 Å². The zero-order valence-electron chi connectivity index (χ0n) is 19.1. The fourth-order valence-corrected chi connectivity index (χ4v) is 4.82. The molecule has 34 heavy (non-hydrogen) atoms. The van der Waals surface area contributed by atoms with Gasteiger partial charge in [0, 0.05) is 30.9 Å². The van der Waals surface area contributed by atoms with Gasteiger partial charge in [-0.1, -0.05) is 24.8 Å². The lowest BCUT2D eigenvalue weighted by Crippen LogP contribution is -2.27. The van der Waals surface area contributed by atoms with Gasteiger partial charge in [0.1, 0.15) is 0 Å². The van der Waals surface area contributed by atoms with Crippen LogP contribution in [0, 0.1) is 5.92 Å². The predicted molar refractivity (Wildman–Crippen MR) is 124 cm³/mol. The van der Waals surface area contributed by atoms with E-state index in [9.17, 15) is 22.8 Å². The highest BCUT2D eigenvalue weighted by Crippen LogP contribution is 2.39. The first kappa shape index (κ1) is 24.0. The molecule has 2 aromatic rings. The number of carbonyl (C=O) groups excluding carboxylic acids is 2. The molecule has 1 unspecified atom stereocenters. The highest BCUT2D eigenvalue weighted by atomic mass is 19.4. The average molecular weight is 472 g/mol. The van der Waals surface area contributed by atoms with E-state index in [1.807, 2.05) is 11.9 Å². The zero-order chi connectivity index (χ0) is 24.5. The number of para-hydroxylation sites is 1. The lowest BCUT2D eigenvalue weighted by molar-refractivity contribution is -0.138. The summed E-state index contributed by atoms with van der Waals surface area (Å²) in [7, 11) is 1.86. The van der Waals surface area contributed by atoms with Crippen LogP contribution < -0.4 is 4.90 Å². The van der Waals surface area contributed by atoms with Crippen molar-refractivity contribution >= 4 is 17.5 Å². The molecule has 5 nitrogen and oxygen atoms in total. The number of amides is 2. The minimum absolute atomic E-state index is 0.0330. The smallest absolute Gasteiger partial charge is 0.339 e. The highest BCUT2D eigenvalue weighted by molar-refractivity contribution is 6.10. The fourth-order valence-electron chi connectivity index (χ4n) is 4.82.